The number of hydrogen-bond acceptors (Lipinski definition) is 5. The van der Waals surface area contributed by atoms with Gasteiger partial charge in [0, 0.05) is 23.7 Å². The number of benzene rings is 1. The molecule has 0 aromatic heterocycles. The zero-order valence-corrected chi connectivity index (χ0v) is 12.6. The van der Waals surface area contributed by atoms with E-state index < -0.39 is 5.60 Å². The van der Waals surface area contributed by atoms with Gasteiger partial charge < -0.3 is 14.7 Å². The fourth-order valence-corrected chi connectivity index (χ4v) is 2.72. The van der Waals surface area contributed by atoms with Crippen molar-refractivity contribution in [1.29, 1.82) is 0 Å². The monoisotopic (exact) mass is 282 g/mol. The molecular weight excluding hydrogens is 260 g/mol. The zero-order valence-electron chi connectivity index (χ0n) is 11.8. The Balaban J connectivity index is 2.33. The normalized spacial score (nSPS) is 16.7. The molecule has 0 aliphatic carbocycles. The van der Waals surface area contributed by atoms with Gasteiger partial charge in [-0.25, -0.2) is 0 Å². The first-order valence-electron chi connectivity index (χ1n) is 6.55. The molecular formula is C14H22N2O2S. The number of morpholine rings is 1. The van der Waals surface area contributed by atoms with Gasteiger partial charge in [-0.05, 0) is 56.6 Å². The second-order valence-electron chi connectivity index (χ2n) is 5.18. The summed E-state index contributed by atoms with van der Waals surface area (Å²) in [6.45, 7) is 6.97. The van der Waals surface area contributed by atoms with Crippen LogP contribution in [0.1, 0.15) is 19.4 Å². The number of rotatable bonds is 4. The van der Waals surface area contributed by atoms with E-state index in [1.54, 1.807) is 11.9 Å². The quantitative estimate of drug-likeness (QED) is 0.827. The summed E-state index contributed by atoms with van der Waals surface area (Å²) in [5.74, 6) is 0. The van der Waals surface area contributed by atoms with Crippen molar-refractivity contribution in [2.75, 3.05) is 38.3 Å². The summed E-state index contributed by atoms with van der Waals surface area (Å²) in [7, 11) is 1.90. The molecule has 0 saturated carbocycles. The topological polar surface area (TPSA) is 44.7 Å². The van der Waals surface area contributed by atoms with Gasteiger partial charge in [0.05, 0.1) is 18.8 Å². The molecule has 5 heteroatoms. The lowest BCUT2D eigenvalue weighted by Crippen LogP contribution is -2.36. The average Bonchev–Trinajstić information content (AvgIpc) is 2.39. The number of hydrogen-bond donors (Lipinski definition) is 2. The average molecular weight is 282 g/mol. The van der Waals surface area contributed by atoms with Crippen LogP contribution >= 0.6 is 11.9 Å². The predicted molar refractivity (Wildman–Crippen MR) is 79.6 cm³/mol. The van der Waals surface area contributed by atoms with E-state index in [-0.39, 0.29) is 0 Å². The van der Waals surface area contributed by atoms with E-state index in [1.807, 2.05) is 27.0 Å². The van der Waals surface area contributed by atoms with Crippen LogP contribution < -0.4 is 9.62 Å². The molecule has 1 aromatic carbocycles. The SMILES string of the molecule is CNSc1cc(N2CCOCC2)cc(C(C)(C)O)c1. The number of ether oxygens (including phenoxy) is 1. The van der Waals surface area contributed by atoms with Gasteiger partial charge in [-0.15, -0.1) is 0 Å². The summed E-state index contributed by atoms with van der Waals surface area (Å²) in [5.41, 5.74) is 1.26. The van der Waals surface area contributed by atoms with E-state index in [1.165, 1.54) is 0 Å². The molecule has 0 amide bonds. The van der Waals surface area contributed by atoms with Gasteiger partial charge in [-0.3, -0.25) is 4.72 Å². The third kappa shape index (κ3) is 3.86. The molecule has 106 valence electrons. The molecule has 0 radical (unpaired) electrons. The summed E-state index contributed by atoms with van der Waals surface area (Å²) in [6, 6.07) is 6.26. The second kappa shape index (κ2) is 6.13. The Kier molecular flexibility index (Phi) is 4.73. The van der Waals surface area contributed by atoms with Crippen molar-refractivity contribution in [3.63, 3.8) is 0 Å². The summed E-state index contributed by atoms with van der Waals surface area (Å²) in [5, 5.41) is 10.2. The van der Waals surface area contributed by atoms with Gasteiger partial charge in [0.15, 0.2) is 0 Å². The molecule has 4 nitrogen and oxygen atoms in total. The Morgan fingerprint density at radius 2 is 1.95 bits per heavy atom. The molecule has 0 spiro atoms. The maximum absolute atomic E-state index is 10.2. The van der Waals surface area contributed by atoms with Crippen molar-refractivity contribution >= 4 is 17.6 Å². The highest BCUT2D eigenvalue weighted by molar-refractivity contribution is 7.97. The Labute approximate surface area is 119 Å². The second-order valence-corrected chi connectivity index (χ2v) is 6.26. The van der Waals surface area contributed by atoms with E-state index in [9.17, 15) is 5.11 Å². The lowest BCUT2D eigenvalue weighted by Gasteiger charge is -2.30. The van der Waals surface area contributed by atoms with E-state index in [2.05, 4.69) is 21.8 Å². The third-order valence-electron chi connectivity index (χ3n) is 3.19. The Morgan fingerprint density at radius 3 is 2.53 bits per heavy atom. The van der Waals surface area contributed by atoms with Crippen LogP contribution in [0.15, 0.2) is 23.1 Å². The van der Waals surface area contributed by atoms with Crippen molar-refractivity contribution in [3.8, 4) is 0 Å². The number of nitrogens with zero attached hydrogens (tertiary/aromatic N) is 1. The van der Waals surface area contributed by atoms with Crippen molar-refractivity contribution in [3.05, 3.63) is 23.8 Å². The van der Waals surface area contributed by atoms with Crippen molar-refractivity contribution in [1.82, 2.24) is 4.72 Å². The minimum absolute atomic E-state index is 0.765. The number of aliphatic hydroxyl groups is 1. The van der Waals surface area contributed by atoms with Crippen LogP contribution in [0.25, 0.3) is 0 Å². The predicted octanol–water partition coefficient (Wildman–Crippen LogP) is 1.98. The third-order valence-corrected chi connectivity index (χ3v) is 3.87. The van der Waals surface area contributed by atoms with Crippen molar-refractivity contribution < 1.29 is 9.84 Å². The first kappa shape index (κ1) is 14.7. The summed E-state index contributed by atoms with van der Waals surface area (Å²) < 4.78 is 8.47. The lowest BCUT2D eigenvalue weighted by atomic mass is 9.97. The molecule has 1 heterocycles. The van der Waals surface area contributed by atoms with Gasteiger partial charge in [0.2, 0.25) is 0 Å². The molecule has 1 aliphatic rings. The molecule has 0 bridgehead atoms. The molecule has 1 aliphatic heterocycles. The van der Waals surface area contributed by atoms with Gasteiger partial charge in [0.1, 0.15) is 0 Å². The smallest absolute Gasteiger partial charge is 0.0841 e. The minimum Gasteiger partial charge on any atom is -0.386 e. The van der Waals surface area contributed by atoms with E-state index in [0.29, 0.717) is 0 Å². The zero-order chi connectivity index (χ0) is 13.9. The lowest BCUT2D eigenvalue weighted by molar-refractivity contribution is 0.0783. The maximum atomic E-state index is 10.2. The van der Waals surface area contributed by atoms with Crippen LogP contribution in [0, 0.1) is 0 Å². The first-order chi connectivity index (χ1) is 9.00. The van der Waals surface area contributed by atoms with Crippen molar-refractivity contribution in [2.45, 2.75) is 24.3 Å². The van der Waals surface area contributed by atoms with Gasteiger partial charge in [0.25, 0.3) is 0 Å². The highest BCUT2D eigenvalue weighted by Gasteiger charge is 2.20. The standard InChI is InChI=1S/C14H22N2O2S/c1-14(2,17)11-8-12(10-13(9-11)19-15-3)16-4-6-18-7-5-16/h8-10,15,17H,4-7H2,1-3H3. The largest absolute Gasteiger partial charge is 0.386 e. The van der Waals surface area contributed by atoms with Crippen LogP contribution in [0.4, 0.5) is 5.69 Å². The van der Waals surface area contributed by atoms with E-state index in [0.717, 1.165) is 42.4 Å². The van der Waals surface area contributed by atoms with E-state index >= 15 is 0 Å². The number of nitrogens with one attached hydrogen (secondary N) is 1. The fourth-order valence-electron chi connectivity index (χ4n) is 2.12. The van der Waals surface area contributed by atoms with Crippen LogP contribution in [-0.4, -0.2) is 38.5 Å². The molecule has 2 rings (SSSR count). The Morgan fingerprint density at radius 1 is 1.26 bits per heavy atom. The molecule has 2 N–H and O–H groups in total. The summed E-state index contributed by atoms with van der Waals surface area (Å²) in [6.07, 6.45) is 0. The highest BCUT2D eigenvalue weighted by atomic mass is 32.2. The molecule has 0 unspecified atom stereocenters. The van der Waals surface area contributed by atoms with Crippen LogP contribution in [-0.2, 0) is 10.3 Å². The van der Waals surface area contributed by atoms with Crippen LogP contribution in [0.2, 0.25) is 0 Å². The summed E-state index contributed by atoms with van der Waals surface area (Å²) >= 11 is 1.56. The molecule has 1 fully saturated rings. The van der Waals surface area contributed by atoms with Gasteiger partial charge in [-0.1, -0.05) is 0 Å². The van der Waals surface area contributed by atoms with Gasteiger partial charge in [-0.2, -0.15) is 0 Å². The highest BCUT2D eigenvalue weighted by Crippen LogP contribution is 2.30. The molecule has 1 aromatic rings. The van der Waals surface area contributed by atoms with Gasteiger partial charge >= 0.3 is 0 Å². The Bertz CT molecular complexity index is 426. The molecule has 0 atom stereocenters. The summed E-state index contributed by atoms with van der Waals surface area (Å²) in [4.78, 5) is 3.42. The molecule has 1 saturated heterocycles. The van der Waals surface area contributed by atoms with Crippen LogP contribution in [0.5, 0.6) is 0 Å². The van der Waals surface area contributed by atoms with Crippen LogP contribution in [0.3, 0.4) is 0 Å². The fraction of sp³-hybridized carbons (Fsp3) is 0.571. The Hall–Kier alpha value is -0.750. The minimum atomic E-state index is -0.828. The number of anilines is 1. The van der Waals surface area contributed by atoms with Crippen molar-refractivity contribution in [2.24, 2.45) is 0 Å². The van der Waals surface area contributed by atoms with E-state index in [4.69, 9.17) is 4.74 Å². The maximum Gasteiger partial charge on any atom is 0.0841 e. The molecule has 19 heavy (non-hydrogen) atoms. The first-order valence-corrected chi connectivity index (χ1v) is 7.36.